The van der Waals surface area contributed by atoms with E-state index in [0.717, 1.165) is 11.1 Å². The van der Waals surface area contributed by atoms with Crippen molar-refractivity contribution in [1.29, 1.82) is 0 Å². The van der Waals surface area contributed by atoms with E-state index in [2.05, 4.69) is 5.32 Å². The summed E-state index contributed by atoms with van der Waals surface area (Å²) < 4.78 is 7.05. The summed E-state index contributed by atoms with van der Waals surface area (Å²) in [7, 11) is 1.66. The van der Waals surface area contributed by atoms with Gasteiger partial charge in [-0.15, -0.1) is 0 Å². The van der Waals surface area contributed by atoms with Gasteiger partial charge in [0.1, 0.15) is 17.6 Å². The summed E-state index contributed by atoms with van der Waals surface area (Å²) in [6.07, 6.45) is 0.703. The van der Waals surface area contributed by atoms with E-state index in [0.29, 0.717) is 45.7 Å². The molecule has 6 nitrogen and oxygen atoms in total. The molecule has 0 saturated carbocycles. The van der Waals surface area contributed by atoms with Crippen molar-refractivity contribution in [3.8, 4) is 11.4 Å². The number of halogens is 2. The zero-order valence-electron chi connectivity index (χ0n) is 18.0. The molecule has 0 radical (unpaired) electrons. The minimum absolute atomic E-state index is 0.233. The van der Waals surface area contributed by atoms with Crippen LogP contribution in [0.4, 0.5) is 5.69 Å². The average Bonchev–Trinajstić information content (AvgIpc) is 3.08. The molecule has 1 aromatic heterocycles. The molecule has 8 heteroatoms. The van der Waals surface area contributed by atoms with Crippen LogP contribution in [0.15, 0.2) is 47.3 Å². The van der Waals surface area contributed by atoms with Crippen molar-refractivity contribution in [3.05, 3.63) is 79.7 Å². The first-order chi connectivity index (χ1) is 15.3. The number of fused-ring (bicyclic) bond motifs is 1. The lowest BCUT2D eigenvalue weighted by Crippen LogP contribution is -2.32. The van der Waals surface area contributed by atoms with E-state index < -0.39 is 6.10 Å². The number of nitrogens with one attached hydrogen (secondary N) is 1. The smallest absolute Gasteiger partial charge is 0.302 e. The highest BCUT2D eigenvalue weighted by Crippen LogP contribution is 2.36. The third-order valence-corrected chi connectivity index (χ3v) is 6.22. The van der Waals surface area contributed by atoms with E-state index in [1.165, 1.54) is 11.5 Å². The summed E-state index contributed by atoms with van der Waals surface area (Å²) in [4.78, 5) is 29.9. The van der Waals surface area contributed by atoms with Crippen LogP contribution >= 0.6 is 23.2 Å². The molecule has 2 aromatic carbocycles. The number of nitrogens with zero attached hydrogens (tertiary/aromatic N) is 2. The summed E-state index contributed by atoms with van der Waals surface area (Å²) in [5.74, 6) is 0.103. The van der Waals surface area contributed by atoms with Crippen LogP contribution in [0.3, 0.4) is 0 Å². The standard InChI is InChI=1S/C24H23Cl2N3O3/c1-4-19-22(24(31)29(3)23(27-19)17-10-9-15(25)12-18(17)26)28-21-16-8-6-5-7-14(16)11-20(21)32-13(2)30/h5-10,12,20-21,28H,4,11H2,1-3H3. The lowest BCUT2D eigenvalue weighted by molar-refractivity contribution is -0.146. The molecule has 0 spiro atoms. The number of aromatic nitrogens is 2. The van der Waals surface area contributed by atoms with Crippen molar-refractivity contribution >= 4 is 34.9 Å². The highest BCUT2D eigenvalue weighted by molar-refractivity contribution is 6.36. The van der Waals surface area contributed by atoms with Crippen LogP contribution in [0.2, 0.25) is 10.0 Å². The summed E-state index contributed by atoms with van der Waals surface area (Å²) in [6.45, 7) is 3.33. The molecule has 1 heterocycles. The van der Waals surface area contributed by atoms with Crippen molar-refractivity contribution in [1.82, 2.24) is 9.55 Å². The van der Waals surface area contributed by atoms with Gasteiger partial charge in [-0.05, 0) is 35.7 Å². The van der Waals surface area contributed by atoms with Gasteiger partial charge in [0.15, 0.2) is 0 Å². The van der Waals surface area contributed by atoms with E-state index >= 15 is 0 Å². The molecule has 2 atom stereocenters. The summed E-state index contributed by atoms with van der Waals surface area (Å²) in [5.41, 5.74) is 3.49. The van der Waals surface area contributed by atoms with Crippen molar-refractivity contribution in [3.63, 3.8) is 0 Å². The molecular weight excluding hydrogens is 449 g/mol. The molecule has 0 aliphatic heterocycles. The molecule has 0 fully saturated rings. The number of rotatable bonds is 5. The number of carbonyl (C=O) groups is 1. The maximum absolute atomic E-state index is 13.4. The van der Waals surface area contributed by atoms with E-state index in [1.807, 2.05) is 31.2 Å². The molecule has 0 amide bonds. The zero-order valence-corrected chi connectivity index (χ0v) is 19.5. The molecule has 4 rings (SSSR count). The third-order valence-electron chi connectivity index (χ3n) is 5.67. The quantitative estimate of drug-likeness (QED) is 0.532. The Morgan fingerprint density at radius 3 is 2.69 bits per heavy atom. The van der Waals surface area contributed by atoms with Crippen LogP contribution in [-0.4, -0.2) is 21.6 Å². The fourth-order valence-electron chi connectivity index (χ4n) is 4.17. The molecule has 32 heavy (non-hydrogen) atoms. The predicted molar refractivity (Wildman–Crippen MR) is 126 cm³/mol. The largest absolute Gasteiger partial charge is 0.460 e. The highest BCUT2D eigenvalue weighted by Gasteiger charge is 2.35. The Labute approximate surface area is 196 Å². The summed E-state index contributed by atoms with van der Waals surface area (Å²) >= 11 is 12.4. The number of aryl methyl sites for hydroxylation is 1. The van der Waals surface area contributed by atoms with Gasteiger partial charge in [0.2, 0.25) is 0 Å². The van der Waals surface area contributed by atoms with Crippen molar-refractivity contribution in [2.75, 3.05) is 5.32 Å². The predicted octanol–water partition coefficient (Wildman–Crippen LogP) is 4.96. The maximum Gasteiger partial charge on any atom is 0.302 e. The minimum atomic E-state index is -0.412. The molecule has 0 bridgehead atoms. The molecule has 0 saturated heterocycles. The van der Waals surface area contributed by atoms with Gasteiger partial charge >= 0.3 is 5.97 Å². The van der Waals surface area contributed by atoms with Gasteiger partial charge in [0.05, 0.1) is 16.8 Å². The maximum atomic E-state index is 13.4. The first-order valence-corrected chi connectivity index (χ1v) is 11.1. The number of hydrogen-bond acceptors (Lipinski definition) is 5. The fourth-order valence-corrected chi connectivity index (χ4v) is 4.66. The number of hydrogen-bond donors (Lipinski definition) is 1. The number of ether oxygens (including phenoxy) is 1. The monoisotopic (exact) mass is 471 g/mol. The first-order valence-electron chi connectivity index (χ1n) is 10.4. The van der Waals surface area contributed by atoms with E-state index in [-0.39, 0.29) is 17.6 Å². The average molecular weight is 472 g/mol. The van der Waals surface area contributed by atoms with Crippen molar-refractivity contribution in [2.24, 2.45) is 7.05 Å². The van der Waals surface area contributed by atoms with Crippen molar-refractivity contribution in [2.45, 2.75) is 38.8 Å². The summed E-state index contributed by atoms with van der Waals surface area (Å²) in [5, 5.41) is 4.28. The van der Waals surface area contributed by atoms with E-state index in [4.69, 9.17) is 32.9 Å². The Morgan fingerprint density at radius 1 is 1.25 bits per heavy atom. The number of carbonyl (C=O) groups excluding carboxylic acids is 1. The minimum Gasteiger partial charge on any atom is -0.460 e. The highest BCUT2D eigenvalue weighted by atomic mass is 35.5. The normalized spacial score (nSPS) is 17.2. The SMILES string of the molecule is CCc1nc(-c2ccc(Cl)cc2Cl)n(C)c(=O)c1NC1c2ccccc2CC1OC(C)=O. The van der Waals surface area contributed by atoms with Crippen molar-refractivity contribution < 1.29 is 9.53 Å². The molecule has 1 aliphatic carbocycles. The lowest BCUT2D eigenvalue weighted by Gasteiger charge is -2.24. The van der Waals surface area contributed by atoms with Crippen LogP contribution in [0.25, 0.3) is 11.4 Å². The van der Waals surface area contributed by atoms with Crippen LogP contribution in [0.5, 0.6) is 0 Å². The second-order valence-corrected chi connectivity index (χ2v) is 8.62. The van der Waals surface area contributed by atoms with Crippen LogP contribution in [0, 0.1) is 0 Å². The van der Waals surface area contributed by atoms with Gasteiger partial charge in [-0.3, -0.25) is 14.2 Å². The molecule has 166 valence electrons. The fraction of sp³-hybridized carbons (Fsp3) is 0.292. The lowest BCUT2D eigenvalue weighted by atomic mass is 10.1. The van der Waals surface area contributed by atoms with Crippen LogP contribution < -0.4 is 10.9 Å². The van der Waals surface area contributed by atoms with E-state index in [1.54, 1.807) is 25.2 Å². The Morgan fingerprint density at radius 2 is 2.00 bits per heavy atom. The van der Waals surface area contributed by atoms with Crippen LogP contribution in [0.1, 0.15) is 36.7 Å². The Hall–Kier alpha value is -2.83. The molecular formula is C24H23Cl2N3O3. The molecule has 1 aliphatic rings. The third kappa shape index (κ3) is 4.12. The number of esters is 1. The zero-order chi connectivity index (χ0) is 23.0. The molecule has 2 unspecified atom stereocenters. The molecule has 3 aromatic rings. The number of benzene rings is 2. The van der Waals surface area contributed by atoms with Gasteiger partial charge < -0.3 is 10.1 Å². The first kappa shape index (κ1) is 22.4. The second kappa shape index (κ2) is 8.96. The second-order valence-electron chi connectivity index (χ2n) is 7.77. The molecule has 1 N–H and O–H groups in total. The Kier molecular flexibility index (Phi) is 6.26. The Bertz CT molecular complexity index is 1260. The van der Waals surface area contributed by atoms with Gasteiger partial charge in [-0.25, -0.2) is 4.98 Å². The van der Waals surface area contributed by atoms with Gasteiger partial charge in [0, 0.05) is 31.0 Å². The van der Waals surface area contributed by atoms with E-state index in [9.17, 15) is 9.59 Å². The summed E-state index contributed by atoms with van der Waals surface area (Å²) in [6, 6.07) is 12.6. The van der Waals surface area contributed by atoms with Crippen LogP contribution in [-0.2, 0) is 29.4 Å². The van der Waals surface area contributed by atoms with Gasteiger partial charge in [-0.1, -0.05) is 54.4 Å². The van der Waals surface area contributed by atoms with Gasteiger partial charge in [-0.2, -0.15) is 0 Å². The van der Waals surface area contributed by atoms with Gasteiger partial charge in [0.25, 0.3) is 5.56 Å². The Balaban J connectivity index is 1.79. The number of anilines is 1. The topological polar surface area (TPSA) is 73.2 Å².